The minimum Gasteiger partial charge on any atom is -0.506 e. The summed E-state index contributed by atoms with van der Waals surface area (Å²) in [5.41, 5.74) is 0.636. The number of benzene rings is 1. The van der Waals surface area contributed by atoms with E-state index in [1.54, 1.807) is 12.1 Å². The SMILES string of the molecule is O=C(CCC1CCCCC1)Nc1ccc(O)c(Cl)c1. The van der Waals surface area contributed by atoms with Gasteiger partial charge in [0, 0.05) is 12.1 Å². The second-order valence-electron chi connectivity index (χ2n) is 5.26. The summed E-state index contributed by atoms with van der Waals surface area (Å²) in [7, 11) is 0. The predicted molar refractivity (Wildman–Crippen MR) is 77.6 cm³/mol. The Labute approximate surface area is 119 Å². The monoisotopic (exact) mass is 281 g/mol. The molecular formula is C15H20ClNO2. The highest BCUT2D eigenvalue weighted by atomic mass is 35.5. The first-order valence-corrected chi connectivity index (χ1v) is 7.31. The molecule has 0 spiro atoms. The van der Waals surface area contributed by atoms with Crippen molar-refractivity contribution in [2.75, 3.05) is 5.32 Å². The molecule has 0 radical (unpaired) electrons. The van der Waals surface area contributed by atoms with Crippen LogP contribution in [0.3, 0.4) is 0 Å². The van der Waals surface area contributed by atoms with Crippen LogP contribution in [0.2, 0.25) is 5.02 Å². The second kappa shape index (κ2) is 6.80. The molecule has 1 aromatic carbocycles. The van der Waals surface area contributed by atoms with Gasteiger partial charge in [-0.2, -0.15) is 0 Å². The maximum absolute atomic E-state index is 11.8. The Morgan fingerprint density at radius 3 is 2.74 bits per heavy atom. The van der Waals surface area contributed by atoms with Gasteiger partial charge in [0.25, 0.3) is 0 Å². The molecule has 1 saturated carbocycles. The Morgan fingerprint density at radius 2 is 2.05 bits per heavy atom. The van der Waals surface area contributed by atoms with Crippen LogP contribution in [0.4, 0.5) is 5.69 Å². The Balaban J connectivity index is 1.78. The average molecular weight is 282 g/mol. The molecule has 0 saturated heterocycles. The van der Waals surface area contributed by atoms with E-state index >= 15 is 0 Å². The normalized spacial score (nSPS) is 16.3. The van der Waals surface area contributed by atoms with Crippen molar-refractivity contribution in [2.45, 2.75) is 44.9 Å². The van der Waals surface area contributed by atoms with Gasteiger partial charge >= 0.3 is 0 Å². The summed E-state index contributed by atoms with van der Waals surface area (Å²) in [6, 6.07) is 4.70. The van der Waals surface area contributed by atoms with Crippen LogP contribution < -0.4 is 5.32 Å². The van der Waals surface area contributed by atoms with Gasteiger partial charge in [-0.05, 0) is 30.5 Å². The van der Waals surface area contributed by atoms with E-state index in [9.17, 15) is 9.90 Å². The molecule has 0 bridgehead atoms. The number of aromatic hydroxyl groups is 1. The van der Waals surface area contributed by atoms with E-state index in [1.165, 1.54) is 38.2 Å². The highest BCUT2D eigenvalue weighted by Gasteiger charge is 2.15. The fourth-order valence-corrected chi connectivity index (χ4v) is 2.80. The molecule has 2 rings (SSSR count). The molecule has 104 valence electrons. The molecule has 0 unspecified atom stereocenters. The lowest BCUT2D eigenvalue weighted by molar-refractivity contribution is -0.116. The zero-order chi connectivity index (χ0) is 13.7. The summed E-state index contributed by atoms with van der Waals surface area (Å²) in [4.78, 5) is 11.8. The Hall–Kier alpha value is -1.22. The fourth-order valence-electron chi connectivity index (χ4n) is 2.62. The smallest absolute Gasteiger partial charge is 0.224 e. The van der Waals surface area contributed by atoms with Gasteiger partial charge < -0.3 is 10.4 Å². The Morgan fingerprint density at radius 1 is 1.32 bits per heavy atom. The number of anilines is 1. The van der Waals surface area contributed by atoms with Gasteiger partial charge in [-0.25, -0.2) is 0 Å². The van der Waals surface area contributed by atoms with Crippen molar-refractivity contribution in [1.82, 2.24) is 0 Å². The zero-order valence-corrected chi connectivity index (χ0v) is 11.7. The van der Waals surface area contributed by atoms with Crippen molar-refractivity contribution < 1.29 is 9.90 Å². The van der Waals surface area contributed by atoms with Crippen molar-refractivity contribution in [3.63, 3.8) is 0 Å². The molecule has 19 heavy (non-hydrogen) atoms. The molecule has 0 atom stereocenters. The summed E-state index contributed by atoms with van der Waals surface area (Å²) in [6.07, 6.45) is 8.01. The van der Waals surface area contributed by atoms with E-state index in [-0.39, 0.29) is 16.7 Å². The van der Waals surface area contributed by atoms with Crippen molar-refractivity contribution in [3.8, 4) is 5.75 Å². The van der Waals surface area contributed by atoms with E-state index in [0.29, 0.717) is 18.0 Å². The first-order chi connectivity index (χ1) is 9.15. The molecule has 1 aliphatic rings. The lowest BCUT2D eigenvalue weighted by Crippen LogP contribution is -2.14. The second-order valence-corrected chi connectivity index (χ2v) is 5.66. The van der Waals surface area contributed by atoms with Gasteiger partial charge in [-0.15, -0.1) is 0 Å². The van der Waals surface area contributed by atoms with Crippen LogP contribution in [0.1, 0.15) is 44.9 Å². The standard InChI is InChI=1S/C15H20ClNO2/c16-13-10-12(7-8-14(13)18)17-15(19)9-6-11-4-2-1-3-5-11/h7-8,10-11,18H,1-6,9H2,(H,17,19). The number of nitrogens with one attached hydrogen (secondary N) is 1. The van der Waals surface area contributed by atoms with Crippen molar-refractivity contribution >= 4 is 23.2 Å². The summed E-state index contributed by atoms with van der Waals surface area (Å²) < 4.78 is 0. The number of phenolic OH excluding ortho intramolecular Hbond substituents is 1. The molecule has 1 aromatic rings. The number of carbonyl (C=O) groups is 1. The molecule has 1 aliphatic carbocycles. The molecule has 4 heteroatoms. The molecular weight excluding hydrogens is 262 g/mol. The number of amides is 1. The topological polar surface area (TPSA) is 49.3 Å². The molecule has 2 N–H and O–H groups in total. The number of halogens is 1. The van der Waals surface area contributed by atoms with E-state index in [4.69, 9.17) is 11.6 Å². The Bertz CT molecular complexity index is 442. The van der Waals surface area contributed by atoms with Crippen LogP contribution in [0.25, 0.3) is 0 Å². The molecule has 1 amide bonds. The highest BCUT2D eigenvalue weighted by Crippen LogP contribution is 2.28. The fraction of sp³-hybridized carbons (Fsp3) is 0.533. The van der Waals surface area contributed by atoms with Crippen LogP contribution in [0.15, 0.2) is 18.2 Å². The molecule has 0 aliphatic heterocycles. The maximum atomic E-state index is 11.8. The molecule has 0 aromatic heterocycles. The largest absolute Gasteiger partial charge is 0.506 e. The first kappa shape index (κ1) is 14.2. The van der Waals surface area contributed by atoms with Gasteiger partial charge in [0.1, 0.15) is 5.75 Å². The lowest BCUT2D eigenvalue weighted by atomic mass is 9.86. The number of phenols is 1. The third-order valence-electron chi connectivity index (χ3n) is 3.74. The third kappa shape index (κ3) is 4.43. The van der Waals surface area contributed by atoms with Crippen LogP contribution in [0, 0.1) is 5.92 Å². The summed E-state index contributed by atoms with van der Waals surface area (Å²) in [5.74, 6) is 0.761. The van der Waals surface area contributed by atoms with Gasteiger partial charge in [0.2, 0.25) is 5.91 Å². The highest BCUT2D eigenvalue weighted by molar-refractivity contribution is 6.32. The summed E-state index contributed by atoms with van der Waals surface area (Å²) in [5, 5.41) is 12.4. The molecule has 0 heterocycles. The third-order valence-corrected chi connectivity index (χ3v) is 4.04. The van der Waals surface area contributed by atoms with Gasteiger partial charge in [-0.1, -0.05) is 43.7 Å². The van der Waals surface area contributed by atoms with Crippen LogP contribution in [0.5, 0.6) is 5.75 Å². The van der Waals surface area contributed by atoms with E-state index in [2.05, 4.69) is 5.32 Å². The number of rotatable bonds is 4. The van der Waals surface area contributed by atoms with Crippen LogP contribution in [-0.4, -0.2) is 11.0 Å². The van der Waals surface area contributed by atoms with Crippen LogP contribution in [-0.2, 0) is 4.79 Å². The van der Waals surface area contributed by atoms with Crippen molar-refractivity contribution in [1.29, 1.82) is 0 Å². The minimum absolute atomic E-state index is 0.0207. The van der Waals surface area contributed by atoms with E-state index in [1.807, 2.05) is 0 Å². The number of hydrogen-bond donors (Lipinski definition) is 2. The van der Waals surface area contributed by atoms with Crippen molar-refractivity contribution in [2.24, 2.45) is 5.92 Å². The quantitative estimate of drug-likeness (QED) is 0.806. The Kier molecular flexibility index (Phi) is 5.08. The molecule has 3 nitrogen and oxygen atoms in total. The van der Waals surface area contributed by atoms with Crippen LogP contribution >= 0.6 is 11.6 Å². The average Bonchev–Trinajstić information content (AvgIpc) is 2.42. The van der Waals surface area contributed by atoms with E-state index in [0.717, 1.165) is 6.42 Å². The number of carbonyl (C=O) groups excluding carboxylic acids is 1. The van der Waals surface area contributed by atoms with Crippen molar-refractivity contribution in [3.05, 3.63) is 23.2 Å². The van der Waals surface area contributed by atoms with Gasteiger partial charge in [0.05, 0.1) is 5.02 Å². The predicted octanol–water partition coefficient (Wildman–Crippen LogP) is 4.34. The minimum atomic E-state index is 0.0207. The van der Waals surface area contributed by atoms with E-state index < -0.39 is 0 Å². The van der Waals surface area contributed by atoms with Gasteiger partial charge in [0.15, 0.2) is 0 Å². The maximum Gasteiger partial charge on any atom is 0.224 e. The summed E-state index contributed by atoms with van der Waals surface area (Å²) >= 11 is 5.79. The molecule has 1 fully saturated rings. The summed E-state index contributed by atoms with van der Waals surface area (Å²) in [6.45, 7) is 0. The zero-order valence-electron chi connectivity index (χ0n) is 11.0. The lowest BCUT2D eigenvalue weighted by Gasteiger charge is -2.21. The van der Waals surface area contributed by atoms with Gasteiger partial charge in [-0.3, -0.25) is 4.79 Å². The number of hydrogen-bond acceptors (Lipinski definition) is 2. The first-order valence-electron chi connectivity index (χ1n) is 6.93.